The number of nitrogens with zero attached hydrogens (tertiary/aromatic N) is 2. The topological polar surface area (TPSA) is 17.8 Å². The van der Waals surface area contributed by atoms with E-state index in [-0.39, 0.29) is 0 Å². The van der Waals surface area contributed by atoms with Crippen LogP contribution in [0.1, 0.15) is 29.7 Å². The lowest BCUT2D eigenvalue weighted by molar-refractivity contribution is 0.391. The van der Waals surface area contributed by atoms with Gasteiger partial charge in [0.15, 0.2) is 0 Å². The molecule has 2 nitrogen and oxygen atoms in total. The Morgan fingerprint density at radius 2 is 2.47 bits per heavy atom. The zero-order valence-corrected chi connectivity index (χ0v) is 12.2. The minimum absolute atomic E-state index is 0.769. The SMILES string of the molecule is CC1CCc2c(Br)nc(Cc3cccs3)n2C1. The Labute approximate surface area is 114 Å². The first kappa shape index (κ1) is 11.5. The third-order valence-corrected chi connectivity index (χ3v) is 4.89. The van der Waals surface area contributed by atoms with Crippen LogP contribution < -0.4 is 0 Å². The second-order valence-corrected chi connectivity index (χ2v) is 6.56. The van der Waals surface area contributed by atoms with Gasteiger partial charge in [0.1, 0.15) is 10.4 Å². The van der Waals surface area contributed by atoms with Gasteiger partial charge < -0.3 is 4.57 Å². The van der Waals surface area contributed by atoms with Crippen molar-refractivity contribution in [1.29, 1.82) is 0 Å². The molecule has 1 aliphatic rings. The third-order valence-electron chi connectivity index (χ3n) is 3.38. The summed E-state index contributed by atoms with van der Waals surface area (Å²) in [6.07, 6.45) is 3.39. The molecule has 3 heterocycles. The Kier molecular flexibility index (Phi) is 3.09. The Morgan fingerprint density at radius 1 is 1.59 bits per heavy atom. The highest BCUT2D eigenvalue weighted by atomic mass is 79.9. The first-order valence-corrected chi connectivity index (χ1v) is 7.67. The van der Waals surface area contributed by atoms with Crippen molar-refractivity contribution in [2.75, 3.05) is 0 Å². The summed E-state index contributed by atoms with van der Waals surface area (Å²) in [4.78, 5) is 6.08. The van der Waals surface area contributed by atoms with Gasteiger partial charge in [-0.05, 0) is 46.1 Å². The van der Waals surface area contributed by atoms with Crippen LogP contribution >= 0.6 is 27.3 Å². The molecule has 0 fully saturated rings. The van der Waals surface area contributed by atoms with Gasteiger partial charge in [0, 0.05) is 17.8 Å². The number of thiophene rings is 1. The summed E-state index contributed by atoms with van der Waals surface area (Å²) in [5, 5.41) is 2.13. The van der Waals surface area contributed by atoms with E-state index < -0.39 is 0 Å². The van der Waals surface area contributed by atoms with Gasteiger partial charge in [-0.2, -0.15) is 0 Å². The van der Waals surface area contributed by atoms with E-state index in [9.17, 15) is 0 Å². The van der Waals surface area contributed by atoms with E-state index in [0.29, 0.717) is 0 Å². The van der Waals surface area contributed by atoms with E-state index in [4.69, 9.17) is 0 Å². The molecule has 0 saturated heterocycles. The maximum atomic E-state index is 4.69. The van der Waals surface area contributed by atoms with Crippen molar-refractivity contribution in [3.63, 3.8) is 0 Å². The van der Waals surface area contributed by atoms with Gasteiger partial charge in [-0.3, -0.25) is 0 Å². The first-order valence-electron chi connectivity index (χ1n) is 6.00. The number of halogens is 1. The van der Waals surface area contributed by atoms with Crippen LogP contribution in [0.5, 0.6) is 0 Å². The van der Waals surface area contributed by atoms with Crippen molar-refractivity contribution < 1.29 is 0 Å². The monoisotopic (exact) mass is 310 g/mol. The Morgan fingerprint density at radius 3 is 3.24 bits per heavy atom. The Balaban J connectivity index is 1.95. The van der Waals surface area contributed by atoms with Gasteiger partial charge in [-0.15, -0.1) is 11.3 Å². The number of rotatable bonds is 2. The van der Waals surface area contributed by atoms with E-state index in [2.05, 4.69) is 49.9 Å². The lowest BCUT2D eigenvalue weighted by Gasteiger charge is -2.22. The fraction of sp³-hybridized carbons (Fsp3) is 0.462. The van der Waals surface area contributed by atoms with Crippen LogP contribution in [0.3, 0.4) is 0 Å². The van der Waals surface area contributed by atoms with Crippen molar-refractivity contribution in [3.05, 3.63) is 38.5 Å². The number of aromatic nitrogens is 2. The third kappa shape index (κ3) is 2.20. The van der Waals surface area contributed by atoms with Crippen LogP contribution in [-0.4, -0.2) is 9.55 Å². The molecular weight excluding hydrogens is 296 g/mol. The minimum Gasteiger partial charge on any atom is -0.330 e. The summed E-state index contributed by atoms with van der Waals surface area (Å²) in [7, 11) is 0. The summed E-state index contributed by atoms with van der Waals surface area (Å²) < 4.78 is 3.47. The summed E-state index contributed by atoms with van der Waals surface area (Å²) >= 11 is 5.41. The molecule has 0 saturated carbocycles. The fourth-order valence-electron chi connectivity index (χ4n) is 2.45. The molecule has 0 radical (unpaired) electrons. The van der Waals surface area contributed by atoms with Gasteiger partial charge in [-0.25, -0.2) is 4.98 Å². The lowest BCUT2D eigenvalue weighted by atomic mass is 10.0. The van der Waals surface area contributed by atoms with Gasteiger partial charge in [0.05, 0.1) is 5.69 Å². The molecule has 0 aliphatic carbocycles. The maximum Gasteiger partial charge on any atom is 0.127 e. The standard InChI is InChI=1S/C13H15BrN2S/c1-9-4-5-11-13(14)15-12(16(11)8-9)7-10-3-2-6-17-10/h2-3,6,9H,4-5,7-8H2,1H3. The predicted octanol–water partition coefficient (Wildman–Crippen LogP) is 3.88. The van der Waals surface area contributed by atoms with Gasteiger partial charge in [-0.1, -0.05) is 13.0 Å². The molecule has 0 bridgehead atoms. The highest BCUT2D eigenvalue weighted by Crippen LogP contribution is 2.28. The molecule has 0 aromatic carbocycles. The van der Waals surface area contributed by atoms with Crippen LogP contribution in [-0.2, 0) is 19.4 Å². The molecule has 0 spiro atoms. The van der Waals surface area contributed by atoms with Crippen molar-refractivity contribution in [2.45, 2.75) is 32.7 Å². The van der Waals surface area contributed by atoms with Crippen molar-refractivity contribution >= 4 is 27.3 Å². The number of imidazole rings is 1. The lowest BCUT2D eigenvalue weighted by Crippen LogP contribution is -2.19. The molecule has 3 rings (SSSR count). The van der Waals surface area contributed by atoms with Crippen LogP contribution in [0.15, 0.2) is 22.1 Å². The normalized spacial score (nSPS) is 19.3. The van der Waals surface area contributed by atoms with Gasteiger partial charge in [0.2, 0.25) is 0 Å². The molecule has 2 aromatic rings. The second kappa shape index (κ2) is 4.58. The molecule has 0 N–H and O–H groups in total. The van der Waals surface area contributed by atoms with Crippen LogP contribution in [0.2, 0.25) is 0 Å². The van der Waals surface area contributed by atoms with Crippen LogP contribution in [0, 0.1) is 5.92 Å². The van der Waals surface area contributed by atoms with Crippen molar-refractivity contribution in [2.24, 2.45) is 5.92 Å². The highest BCUT2D eigenvalue weighted by Gasteiger charge is 2.22. The van der Waals surface area contributed by atoms with Crippen molar-refractivity contribution in [1.82, 2.24) is 9.55 Å². The minimum atomic E-state index is 0.769. The fourth-order valence-corrected chi connectivity index (χ4v) is 3.77. The van der Waals surface area contributed by atoms with Crippen molar-refractivity contribution in [3.8, 4) is 0 Å². The van der Waals surface area contributed by atoms with Gasteiger partial charge >= 0.3 is 0 Å². The molecule has 1 atom stereocenters. The smallest absolute Gasteiger partial charge is 0.127 e. The maximum absolute atomic E-state index is 4.69. The van der Waals surface area contributed by atoms with E-state index in [1.807, 2.05) is 11.3 Å². The van der Waals surface area contributed by atoms with Crippen LogP contribution in [0.25, 0.3) is 0 Å². The number of hydrogen-bond donors (Lipinski definition) is 0. The predicted molar refractivity (Wildman–Crippen MR) is 74.5 cm³/mol. The molecular formula is C13H15BrN2S. The summed E-state index contributed by atoms with van der Waals surface area (Å²) in [6, 6.07) is 4.30. The quantitative estimate of drug-likeness (QED) is 0.823. The highest BCUT2D eigenvalue weighted by molar-refractivity contribution is 9.10. The number of hydrogen-bond acceptors (Lipinski definition) is 2. The molecule has 1 aliphatic heterocycles. The molecule has 1 unspecified atom stereocenters. The molecule has 0 amide bonds. The largest absolute Gasteiger partial charge is 0.330 e. The second-order valence-electron chi connectivity index (χ2n) is 4.78. The average Bonchev–Trinajstić information content (AvgIpc) is 2.89. The molecule has 2 aromatic heterocycles. The Hall–Kier alpha value is -0.610. The summed E-state index contributed by atoms with van der Waals surface area (Å²) in [5.74, 6) is 1.98. The first-order chi connectivity index (χ1) is 8.24. The Bertz CT molecular complexity index is 516. The van der Waals surface area contributed by atoms with E-state index >= 15 is 0 Å². The average molecular weight is 311 g/mol. The summed E-state index contributed by atoms with van der Waals surface area (Å²) in [5.41, 5.74) is 1.38. The molecule has 90 valence electrons. The summed E-state index contributed by atoms with van der Waals surface area (Å²) in [6.45, 7) is 3.44. The van der Waals surface area contributed by atoms with E-state index in [1.54, 1.807) is 0 Å². The zero-order valence-electron chi connectivity index (χ0n) is 9.82. The van der Waals surface area contributed by atoms with Gasteiger partial charge in [0.25, 0.3) is 0 Å². The van der Waals surface area contributed by atoms with E-state index in [0.717, 1.165) is 29.9 Å². The van der Waals surface area contributed by atoms with Crippen LogP contribution in [0.4, 0.5) is 0 Å². The number of fused-ring (bicyclic) bond motifs is 1. The molecule has 4 heteroatoms. The molecule has 17 heavy (non-hydrogen) atoms. The van der Waals surface area contributed by atoms with E-state index in [1.165, 1.54) is 22.8 Å². The zero-order chi connectivity index (χ0) is 11.8.